The second-order valence-corrected chi connectivity index (χ2v) is 6.74. The van der Waals surface area contributed by atoms with Gasteiger partial charge in [0.1, 0.15) is 5.75 Å². The van der Waals surface area contributed by atoms with Crippen molar-refractivity contribution in [3.63, 3.8) is 0 Å². The highest BCUT2D eigenvalue weighted by atomic mass is 35.5. The van der Waals surface area contributed by atoms with Gasteiger partial charge in [-0.3, -0.25) is 9.69 Å². The Labute approximate surface area is 156 Å². The molecule has 0 bridgehead atoms. The van der Waals surface area contributed by atoms with Gasteiger partial charge in [-0.2, -0.15) is 0 Å². The number of carbonyl (C=O) groups excluding carboxylic acids is 1. The molecule has 1 fully saturated rings. The highest BCUT2D eigenvalue weighted by Crippen LogP contribution is 2.35. The summed E-state index contributed by atoms with van der Waals surface area (Å²) in [5.74, 6) is 0.697. The number of carbonyl (C=O) groups is 1. The summed E-state index contributed by atoms with van der Waals surface area (Å²) < 4.78 is 5.50. The largest absolute Gasteiger partial charge is 0.494 e. The average molecular weight is 373 g/mol. The molecule has 1 aliphatic heterocycles. The molecular formula is C19H17ClN2O2S. The van der Waals surface area contributed by atoms with Crippen molar-refractivity contribution < 1.29 is 9.53 Å². The lowest BCUT2D eigenvalue weighted by molar-refractivity contribution is -0.121. The maximum absolute atomic E-state index is 12.5. The fourth-order valence-corrected chi connectivity index (χ4v) is 3.47. The van der Waals surface area contributed by atoms with Crippen LogP contribution in [0.5, 0.6) is 5.75 Å². The molecule has 1 heterocycles. The van der Waals surface area contributed by atoms with Gasteiger partial charge in [-0.15, -0.1) is 0 Å². The van der Waals surface area contributed by atoms with E-state index in [0.29, 0.717) is 27.4 Å². The van der Waals surface area contributed by atoms with Crippen molar-refractivity contribution in [3.8, 4) is 5.75 Å². The van der Waals surface area contributed by atoms with Crippen molar-refractivity contribution in [3.05, 3.63) is 64.0 Å². The number of para-hydroxylation sites is 1. The van der Waals surface area contributed by atoms with E-state index in [9.17, 15) is 4.79 Å². The number of benzene rings is 2. The number of amidine groups is 1. The minimum atomic E-state index is -0.0855. The van der Waals surface area contributed by atoms with E-state index in [4.69, 9.17) is 16.3 Å². The number of aliphatic imine (C=N–C) groups is 1. The van der Waals surface area contributed by atoms with E-state index in [2.05, 4.69) is 4.99 Å². The van der Waals surface area contributed by atoms with Crippen LogP contribution in [0.1, 0.15) is 12.5 Å². The molecule has 2 aromatic carbocycles. The van der Waals surface area contributed by atoms with Gasteiger partial charge < -0.3 is 4.74 Å². The lowest BCUT2D eigenvalue weighted by Crippen LogP contribution is -2.23. The number of rotatable bonds is 4. The Bertz CT molecular complexity index is 864. The molecule has 0 atom stereocenters. The number of likely N-dealkylation sites (N-methyl/N-ethyl adjacent to an activating group) is 1. The molecule has 1 saturated heterocycles. The monoisotopic (exact) mass is 372 g/mol. The number of nitrogens with zero attached hydrogens (tertiary/aromatic N) is 2. The molecule has 0 unspecified atom stereocenters. The molecule has 2 aromatic rings. The summed E-state index contributed by atoms with van der Waals surface area (Å²) in [5.41, 5.74) is 1.56. The van der Waals surface area contributed by atoms with Gasteiger partial charge >= 0.3 is 0 Å². The van der Waals surface area contributed by atoms with Crippen LogP contribution in [0.4, 0.5) is 5.69 Å². The van der Waals surface area contributed by atoms with Crippen LogP contribution in [0.15, 0.2) is 58.4 Å². The molecule has 1 amide bonds. The number of hydrogen-bond donors (Lipinski definition) is 0. The highest BCUT2D eigenvalue weighted by molar-refractivity contribution is 8.18. The molecule has 0 spiro atoms. The molecule has 6 heteroatoms. The summed E-state index contributed by atoms with van der Waals surface area (Å²) in [5, 5.41) is 1.16. The van der Waals surface area contributed by atoms with Crippen LogP contribution < -0.4 is 4.74 Å². The summed E-state index contributed by atoms with van der Waals surface area (Å²) in [6.45, 7) is 2.54. The van der Waals surface area contributed by atoms with Crippen molar-refractivity contribution >= 4 is 46.2 Å². The Morgan fingerprint density at radius 2 is 2.04 bits per heavy atom. The van der Waals surface area contributed by atoms with E-state index in [1.807, 2.05) is 55.5 Å². The average Bonchev–Trinajstić information content (AvgIpc) is 2.86. The fraction of sp³-hybridized carbons (Fsp3) is 0.158. The molecule has 0 aliphatic carbocycles. The fourth-order valence-electron chi connectivity index (χ4n) is 2.31. The van der Waals surface area contributed by atoms with E-state index in [1.165, 1.54) is 16.7 Å². The minimum Gasteiger partial charge on any atom is -0.494 e. The lowest BCUT2D eigenvalue weighted by Gasteiger charge is -2.07. The number of hydrogen-bond acceptors (Lipinski definition) is 4. The molecule has 0 aromatic heterocycles. The van der Waals surface area contributed by atoms with Gasteiger partial charge in [0.2, 0.25) is 0 Å². The third-order valence-corrected chi connectivity index (χ3v) is 4.92. The van der Waals surface area contributed by atoms with Crippen LogP contribution in [0, 0.1) is 0 Å². The first kappa shape index (κ1) is 17.6. The molecule has 0 saturated carbocycles. The van der Waals surface area contributed by atoms with Gasteiger partial charge in [-0.05, 0) is 54.6 Å². The quantitative estimate of drug-likeness (QED) is 0.711. The summed E-state index contributed by atoms with van der Waals surface area (Å²) in [6, 6.07) is 15.0. The van der Waals surface area contributed by atoms with E-state index in [0.717, 1.165) is 11.3 Å². The van der Waals surface area contributed by atoms with Crippen LogP contribution in [0.3, 0.4) is 0 Å². The van der Waals surface area contributed by atoms with Crippen molar-refractivity contribution in [2.75, 3.05) is 13.7 Å². The summed E-state index contributed by atoms with van der Waals surface area (Å²) in [6.07, 6.45) is 1.85. The Hall–Kier alpha value is -2.24. The van der Waals surface area contributed by atoms with Crippen molar-refractivity contribution in [2.24, 2.45) is 4.99 Å². The van der Waals surface area contributed by atoms with Gasteiger partial charge in [0.05, 0.1) is 22.2 Å². The SMILES string of the molecule is CCOc1cccc(/C=C2/SC(=Nc3ccccc3Cl)N(C)C2=O)c1. The Balaban J connectivity index is 1.88. The van der Waals surface area contributed by atoms with Crippen molar-refractivity contribution in [2.45, 2.75) is 6.92 Å². The van der Waals surface area contributed by atoms with Gasteiger partial charge in [-0.1, -0.05) is 35.9 Å². The van der Waals surface area contributed by atoms with E-state index in [1.54, 1.807) is 13.1 Å². The zero-order valence-electron chi connectivity index (χ0n) is 13.9. The van der Waals surface area contributed by atoms with Crippen LogP contribution >= 0.6 is 23.4 Å². The van der Waals surface area contributed by atoms with Gasteiger partial charge in [0.25, 0.3) is 5.91 Å². The van der Waals surface area contributed by atoms with E-state index in [-0.39, 0.29) is 5.91 Å². The third kappa shape index (κ3) is 4.06. The number of ether oxygens (including phenoxy) is 1. The molecule has 0 radical (unpaired) electrons. The number of halogens is 1. The lowest BCUT2D eigenvalue weighted by atomic mass is 10.2. The maximum atomic E-state index is 12.5. The van der Waals surface area contributed by atoms with Crippen LogP contribution in [0.2, 0.25) is 5.02 Å². The van der Waals surface area contributed by atoms with Crippen LogP contribution in [-0.4, -0.2) is 29.6 Å². The topological polar surface area (TPSA) is 41.9 Å². The van der Waals surface area contributed by atoms with Gasteiger partial charge in [0.15, 0.2) is 5.17 Å². The summed E-state index contributed by atoms with van der Waals surface area (Å²) >= 11 is 7.48. The Kier molecular flexibility index (Phi) is 5.46. The standard InChI is InChI=1S/C19H17ClN2O2S/c1-3-24-14-8-6-7-13(11-14)12-17-18(23)22(2)19(25-17)21-16-10-5-4-9-15(16)20/h4-12H,3H2,1-2H3/b17-12+,21-19?. The first-order chi connectivity index (χ1) is 12.1. The van der Waals surface area contributed by atoms with Crippen LogP contribution in [0.25, 0.3) is 6.08 Å². The summed E-state index contributed by atoms with van der Waals surface area (Å²) in [4.78, 5) is 19.2. The third-order valence-electron chi connectivity index (χ3n) is 3.54. The molecule has 0 N–H and O–H groups in total. The summed E-state index contributed by atoms with van der Waals surface area (Å²) in [7, 11) is 1.71. The molecule has 1 aliphatic rings. The Morgan fingerprint density at radius 1 is 1.24 bits per heavy atom. The minimum absolute atomic E-state index is 0.0855. The second kappa shape index (κ2) is 7.76. The molecule has 4 nitrogen and oxygen atoms in total. The first-order valence-corrected chi connectivity index (χ1v) is 9.01. The molecule has 128 valence electrons. The first-order valence-electron chi connectivity index (χ1n) is 7.82. The predicted octanol–water partition coefficient (Wildman–Crippen LogP) is 4.97. The maximum Gasteiger partial charge on any atom is 0.266 e. The van der Waals surface area contributed by atoms with Gasteiger partial charge in [0, 0.05) is 7.05 Å². The van der Waals surface area contributed by atoms with E-state index < -0.39 is 0 Å². The predicted molar refractivity (Wildman–Crippen MR) is 104 cm³/mol. The second-order valence-electron chi connectivity index (χ2n) is 5.33. The Morgan fingerprint density at radius 3 is 2.80 bits per heavy atom. The van der Waals surface area contributed by atoms with Crippen molar-refractivity contribution in [1.29, 1.82) is 0 Å². The van der Waals surface area contributed by atoms with Gasteiger partial charge in [-0.25, -0.2) is 4.99 Å². The molecule has 25 heavy (non-hydrogen) atoms. The van der Waals surface area contributed by atoms with Crippen LogP contribution in [-0.2, 0) is 4.79 Å². The highest BCUT2D eigenvalue weighted by Gasteiger charge is 2.30. The van der Waals surface area contributed by atoms with Crippen molar-refractivity contribution in [1.82, 2.24) is 4.90 Å². The number of amides is 1. The number of thioether (sulfide) groups is 1. The smallest absolute Gasteiger partial charge is 0.266 e. The zero-order chi connectivity index (χ0) is 17.8. The molecular weight excluding hydrogens is 356 g/mol. The molecule has 3 rings (SSSR count). The zero-order valence-corrected chi connectivity index (χ0v) is 15.5. The van der Waals surface area contributed by atoms with E-state index >= 15 is 0 Å². The normalized spacial score (nSPS) is 17.6.